The highest BCUT2D eigenvalue weighted by atomic mass is 32.2. The molecule has 0 bridgehead atoms. The summed E-state index contributed by atoms with van der Waals surface area (Å²) in [6.07, 6.45) is 0. The van der Waals surface area contributed by atoms with E-state index < -0.39 is 10.0 Å². The summed E-state index contributed by atoms with van der Waals surface area (Å²) in [5.74, 6) is 0.616. The Morgan fingerprint density at radius 2 is 2.10 bits per heavy atom. The largest absolute Gasteiger partial charge is 0.374 e. The number of nitrogen functional groups attached to an aromatic ring is 1. The van der Waals surface area contributed by atoms with Crippen LogP contribution in [-0.4, -0.2) is 37.0 Å². The lowest BCUT2D eigenvalue weighted by atomic mass is 10.2. The summed E-state index contributed by atoms with van der Waals surface area (Å²) in [5.41, 5.74) is 6.42. The number of hydrogen-bond acceptors (Lipinski definition) is 7. The average Bonchev–Trinajstić information content (AvgIpc) is 2.82. The van der Waals surface area contributed by atoms with E-state index >= 15 is 0 Å². The van der Waals surface area contributed by atoms with E-state index in [1.807, 2.05) is 6.07 Å². The maximum Gasteiger partial charge on any atom is 0.242 e. The van der Waals surface area contributed by atoms with Gasteiger partial charge in [-0.1, -0.05) is 35.2 Å². The third-order valence-electron chi connectivity index (χ3n) is 2.46. The van der Waals surface area contributed by atoms with Gasteiger partial charge in [-0.25, -0.2) is 12.7 Å². The second-order valence-corrected chi connectivity index (χ2v) is 8.51. The molecule has 0 aliphatic heterocycles. The first kappa shape index (κ1) is 15.2. The van der Waals surface area contributed by atoms with Gasteiger partial charge in [0.15, 0.2) is 4.34 Å². The zero-order valence-electron chi connectivity index (χ0n) is 11.0. The SMILES string of the molecule is CN(C)S(=O)(=O)c1cccc(CSc2nnc(N)s2)c1. The van der Waals surface area contributed by atoms with Crippen LogP contribution in [0.25, 0.3) is 0 Å². The van der Waals surface area contributed by atoms with E-state index in [9.17, 15) is 8.42 Å². The number of benzene rings is 1. The van der Waals surface area contributed by atoms with Crippen LogP contribution in [0, 0.1) is 0 Å². The van der Waals surface area contributed by atoms with Crippen molar-refractivity contribution < 1.29 is 8.42 Å². The topological polar surface area (TPSA) is 89.2 Å². The van der Waals surface area contributed by atoms with E-state index in [0.717, 1.165) is 9.90 Å². The van der Waals surface area contributed by atoms with Crippen LogP contribution in [0.2, 0.25) is 0 Å². The maximum atomic E-state index is 12.0. The molecule has 0 atom stereocenters. The van der Waals surface area contributed by atoms with Gasteiger partial charge in [0.2, 0.25) is 15.2 Å². The van der Waals surface area contributed by atoms with Gasteiger partial charge >= 0.3 is 0 Å². The van der Waals surface area contributed by atoms with Gasteiger partial charge in [0.25, 0.3) is 0 Å². The van der Waals surface area contributed by atoms with E-state index in [4.69, 9.17) is 5.73 Å². The summed E-state index contributed by atoms with van der Waals surface area (Å²) in [6.45, 7) is 0. The molecule has 1 aromatic heterocycles. The van der Waals surface area contributed by atoms with Crippen molar-refractivity contribution in [1.29, 1.82) is 0 Å². The van der Waals surface area contributed by atoms with E-state index in [1.165, 1.54) is 41.5 Å². The highest BCUT2D eigenvalue weighted by molar-refractivity contribution is 8.00. The van der Waals surface area contributed by atoms with Crippen molar-refractivity contribution in [2.75, 3.05) is 19.8 Å². The molecule has 0 radical (unpaired) electrons. The van der Waals surface area contributed by atoms with Gasteiger partial charge in [-0.05, 0) is 17.7 Å². The van der Waals surface area contributed by atoms with E-state index in [-0.39, 0.29) is 4.90 Å². The molecule has 2 rings (SSSR count). The zero-order chi connectivity index (χ0) is 14.8. The summed E-state index contributed by atoms with van der Waals surface area (Å²) >= 11 is 2.79. The number of aromatic nitrogens is 2. The molecule has 20 heavy (non-hydrogen) atoms. The lowest BCUT2D eigenvalue weighted by Gasteiger charge is -2.12. The molecule has 0 aliphatic carbocycles. The Labute approximate surface area is 126 Å². The minimum Gasteiger partial charge on any atom is -0.374 e. The fraction of sp³-hybridized carbons (Fsp3) is 0.273. The molecular weight excluding hydrogens is 316 g/mol. The first-order valence-electron chi connectivity index (χ1n) is 5.63. The van der Waals surface area contributed by atoms with Crippen LogP contribution in [0.3, 0.4) is 0 Å². The molecule has 108 valence electrons. The van der Waals surface area contributed by atoms with Crippen LogP contribution >= 0.6 is 23.1 Å². The second kappa shape index (κ2) is 6.08. The third-order valence-corrected chi connectivity index (χ3v) is 6.23. The zero-order valence-corrected chi connectivity index (χ0v) is 13.4. The van der Waals surface area contributed by atoms with E-state index in [1.54, 1.807) is 18.2 Å². The van der Waals surface area contributed by atoms with Crippen molar-refractivity contribution in [3.63, 3.8) is 0 Å². The van der Waals surface area contributed by atoms with Crippen LogP contribution in [0.1, 0.15) is 5.56 Å². The van der Waals surface area contributed by atoms with Gasteiger partial charge in [0, 0.05) is 19.8 Å². The number of hydrogen-bond donors (Lipinski definition) is 1. The quantitative estimate of drug-likeness (QED) is 0.839. The number of sulfonamides is 1. The highest BCUT2D eigenvalue weighted by Crippen LogP contribution is 2.27. The summed E-state index contributed by atoms with van der Waals surface area (Å²) in [6, 6.07) is 6.88. The smallest absolute Gasteiger partial charge is 0.242 e. The van der Waals surface area contributed by atoms with Gasteiger partial charge in [-0.3, -0.25) is 0 Å². The molecule has 0 unspecified atom stereocenters. The minimum absolute atomic E-state index is 0.289. The van der Waals surface area contributed by atoms with E-state index in [0.29, 0.717) is 10.9 Å². The van der Waals surface area contributed by atoms with E-state index in [2.05, 4.69) is 10.2 Å². The summed E-state index contributed by atoms with van der Waals surface area (Å²) in [4.78, 5) is 0.289. The highest BCUT2D eigenvalue weighted by Gasteiger charge is 2.17. The van der Waals surface area contributed by atoms with Crippen molar-refractivity contribution in [3.05, 3.63) is 29.8 Å². The Hall–Kier alpha value is -1.16. The van der Waals surface area contributed by atoms with Crippen molar-refractivity contribution >= 4 is 38.3 Å². The van der Waals surface area contributed by atoms with Gasteiger partial charge in [-0.2, -0.15) is 0 Å². The number of thioether (sulfide) groups is 1. The number of nitrogens with zero attached hydrogens (tertiary/aromatic N) is 3. The van der Waals surface area contributed by atoms with Gasteiger partial charge in [0.05, 0.1) is 4.90 Å². The summed E-state index contributed by atoms with van der Waals surface area (Å²) < 4.78 is 26.1. The molecule has 9 heteroatoms. The van der Waals surface area contributed by atoms with Crippen LogP contribution in [0.4, 0.5) is 5.13 Å². The number of anilines is 1. The average molecular weight is 330 g/mol. The normalized spacial score (nSPS) is 11.9. The number of rotatable bonds is 5. The molecule has 1 aromatic carbocycles. The molecule has 0 amide bonds. The van der Waals surface area contributed by atoms with Crippen LogP contribution in [0.5, 0.6) is 0 Å². The van der Waals surface area contributed by atoms with Crippen LogP contribution in [0.15, 0.2) is 33.5 Å². The molecule has 6 nitrogen and oxygen atoms in total. The molecule has 0 saturated heterocycles. The predicted octanol–water partition coefficient (Wildman–Crippen LogP) is 1.66. The third kappa shape index (κ3) is 3.48. The Kier molecular flexibility index (Phi) is 4.63. The summed E-state index contributed by atoms with van der Waals surface area (Å²) in [7, 11) is -0.370. The molecule has 0 fully saturated rings. The lowest BCUT2D eigenvalue weighted by molar-refractivity contribution is 0.520. The lowest BCUT2D eigenvalue weighted by Crippen LogP contribution is -2.22. The van der Waals surface area contributed by atoms with Crippen molar-refractivity contribution in [3.8, 4) is 0 Å². The number of nitrogens with two attached hydrogens (primary N) is 1. The van der Waals surface area contributed by atoms with Crippen molar-refractivity contribution in [1.82, 2.24) is 14.5 Å². The molecule has 1 heterocycles. The van der Waals surface area contributed by atoms with Crippen molar-refractivity contribution in [2.45, 2.75) is 15.0 Å². The first-order chi connectivity index (χ1) is 9.39. The summed E-state index contributed by atoms with van der Waals surface area (Å²) in [5, 5.41) is 8.07. The predicted molar refractivity (Wildman–Crippen MR) is 81.2 cm³/mol. The first-order valence-corrected chi connectivity index (χ1v) is 8.87. The molecule has 2 N–H and O–H groups in total. The van der Waals surface area contributed by atoms with Crippen LogP contribution < -0.4 is 5.73 Å². The van der Waals surface area contributed by atoms with Crippen molar-refractivity contribution in [2.24, 2.45) is 0 Å². The minimum atomic E-state index is -3.40. The molecule has 2 aromatic rings. The molecule has 0 spiro atoms. The Morgan fingerprint density at radius 1 is 1.35 bits per heavy atom. The fourth-order valence-electron chi connectivity index (χ4n) is 1.43. The second-order valence-electron chi connectivity index (χ2n) is 4.13. The molecule has 0 saturated carbocycles. The Balaban J connectivity index is 2.14. The standard InChI is InChI=1S/C11H14N4O2S3/c1-15(2)20(16,17)9-5-3-4-8(6-9)7-18-11-14-13-10(12)19-11/h3-6H,7H2,1-2H3,(H2,12,13). The fourth-order valence-corrected chi connectivity index (χ4v) is 3.98. The molecular formula is C11H14N4O2S3. The molecule has 0 aliphatic rings. The maximum absolute atomic E-state index is 12.0. The van der Waals surface area contributed by atoms with Crippen LogP contribution in [-0.2, 0) is 15.8 Å². The van der Waals surface area contributed by atoms with Gasteiger partial charge in [0.1, 0.15) is 0 Å². The Bertz CT molecular complexity index is 697. The van der Waals surface area contributed by atoms with Gasteiger partial charge < -0.3 is 5.73 Å². The monoisotopic (exact) mass is 330 g/mol. The van der Waals surface area contributed by atoms with Gasteiger partial charge in [-0.15, -0.1) is 10.2 Å². The Morgan fingerprint density at radius 3 is 2.70 bits per heavy atom.